The van der Waals surface area contributed by atoms with Crippen LogP contribution in [0, 0.1) is 13.8 Å². The van der Waals surface area contributed by atoms with E-state index in [0.717, 1.165) is 4.90 Å². The van der Waals surface area contributed by atoms with Gasteiger partial charge in [-0.3, -0.25) is 0 Å². The molecule has 0 saturated heterocycles. The Balaban J connectivity index is 1.65. The fourth-order valence-electron chi connectivity index (χ4n) is 1.90. The molecule has 0 N–H and O–H groups in total. The summed E-state index contributed by atoms with van der Waals surface area (Å²) in [6.07, 6.45) is 0. The third-order valence-corrected chi connectivity index (χ3v) is 3.98. The Bertz CT molecular complexity index is 845. The van der Waals surface area contributed by atoms with Crippen molar-refractivity contribution in [1.82, 2.24) is 20.3 Å². The van der Waals surface area contributed by atoms with E-state index in [9.17, 15) is 4.79 Å². The van der Waals surface area contributed by atoms with Gasteiger partial charge in [0.25, 0.3) is 5.89 Å². The van der Waals surface area contributed by atoms with Gasteiger partial charge in [0.15, 0.2) is 18.3 Å². The van der Waals surface area contributed by atoms with Gasteiger partial charge in [-0.1, -0.05) is 22.4 Å². The zero-order chi connectivity index (χ0) is 16.9. The summed E-state index contributed by atoms with van der Waals surface area (Å²) < 4.78 is 15.2. The van der Waals surface area contributed by atoms with Crippen LogP contribution in [0.4, 0.5) is 0 Å². The van der Waals surface area contributed by atoms with Gasteiger partial charge in [0.1, 0.15) is 0 Å². The smallest absolute Gasteiger partial charge is 0.339 e. The molecule has 1 aromatic carbocycles. The van der Waals surface area contributed by atoms with Gasteiger partial charge < -0.3 is 13.8 Å². The Morgan fingerprint density at radius 1 is 1.08 bits per heavy atom. The number of aryl methyl sites for hydroxylation is 2. The van der Waals surface area contributed by atoms with Gasteiger partial charge >= 0.3 is 5.97 Å². The Kier molecular flexibility index (Phi) is 4.90. The van der Waals surface area contributed by atoms with E-state index in [2.05, 4.69) is 20.3 Å². The van der Waals surface area contributed by atoms with Crippen molar-refractivity contribution in [2.75, 3.05) is 0 Å². The minimum atomic E-state index is -0.462. The first-order valence-corrected chi connectivity index (χ1v) is 8.07. The van der Waals surface area contributed by atoms with Crippen molar-refractivity contribution in [3.05, 3.63) is 53.3 Å². The van der Waals surface area contributed by atoms with Crippen molar-refractivity contribution in [2.24, 2.45) is 0 Å². The van der Waals surface area contributed by atoms with Gasteiger partial charge in [-0.2, -0.15) is 9.97 Å². The third-order valence-electron chi connectivity index (χ3n) is 2.92. The summed E-state index contributed by atoms with van der Waals surface area (Å²) in [5.74, 6) is 1.83. The van der Waals surface area contributed by atoms with E-state index in [0.29, 0.717) is 28.9 Å². The molecule has 0 spiro atoms. The maximum absolute atomic E-state index is 12.3. The lowest BCUT2D eigenvalue weighted by Crippen LogP contribution is -2.07. The molecule has 0 atom stereocenters. The molecule has 0 aliphatic heterocycles. The lowest BCUT2D eigenvalue weighted by Gasteiger charge is -2.07. The van der Waals surface area contributed by atoms with Crippen LogP contribution in [0.2, 0.25) is 0 Å². The zero-order valence-electron chi connectivity index (χ0n) is 13.1. The Morgan fingerprint density at radius 3 is 2.42 bits per heavy atom. The summed E-state index contributed by atoms with van der Waals surface area (Å²) in [5.41, 5.74) is 0.454. The quantitative estimate of drug-likeness (QED) is 0.492. The SMILES string of the molecule is Cc1noc(COC(=O)c2ccccc2SCc2nc(C)no2)n1. The Labute approximate surface area is 141 Å². The standard InChI is InChI=1S/C15H14N4O4S/c1-9-16-13(22-18-9)7-21-15(20)11-5-3-4-6-12(11)24-8-14-17-10(2)19-23-14/h3-6H,7-8H2,1-2H3. The molecular formula is C15H14N4O4S. The van der Waals surface area contributed by atoms with Crippen LogP contribution in [0.1, 0.15) is 33.8 Å². The first-order chi connectivity index (χ1) is 11.6. The van der Waals surface area contributed by atoms with Crippen LogP contribution >= 0.6 is 11.8 Å². The van der Waals surface area contributed by atoms with Crippen molar-refractivity contribution in [1.29, 1.82) is 0 Å². The van der Waals surface area contributed by atoms with Gasteiger partial charge in [-0.05, 0) is 26.0 Å². The number of benzene rings is 1. The molecule has 0 saturated carbocycles. The largest absolute Gasteiger partial charge is 0.452 e. The third kappa shape index (κ3) is 3.99. The number of hydrogen-bond acceptors (Lipinski definition) is 9. The van der Waals surface area contributed by atoms with Crippen molar-refractivity contribution in [3.63, 3.8) is 0 Å². The molecule has 0 bridgehead atoms. The number of rotatable bonds is 6. The van der Waals surface area contributed by atoms with E-state index in [1.807, 2.05) is 12.1 Å². The first-order valence-electron chi connectivity index (χ1n) is 7.09. The average molecular weight is 346 g/mol. The fraction of sp³-hybridized carbons (Fsp3) is 0.267. The highest BCUT2D eigenvalue weighted by Gasteiger charge is 2.15. The van der Waals surface area contributed by atoms with E-state index in [1.165, 1.54) is 11.8 Å². The number of aromatic nitrogens is 4. The zero-order valence-corrected chi connectivity index (χ0v) is 13.9. The highest BCUT2D eigenvalue weighted by atomic mass is 32.2. The van der Waals surface area contributed by atoms with E-state index in [-0.39, 0.29) is 12.5 Å². The van der Waals surface area contributed by atoms with Crippen molar-refractivity contribution >= 4 is 17.7 Å². The summed E-state index contributed by atoms with van der Waals surface area (Å²) in [4.78, 5) is 21.2. The van der Waals surface area contributed by atoms with Gasteiger partial charge in [-0.15, -0.1) is 11.8 Å². The number of thioether (sulfide) groups is 1. The minimum Gasteiger partial charge on any atom is -0.452 e. The van der Waals surface area contributed by atoms with Crippen molar-refractivity contribution in [2.45, 2.75) is 31.1 Å². The van der Waals surface area contributed by atoms with Gasteiger partial charge in [0.05, 0.1) is 11.3 Å². The number of hydrogen-bond donors (Lipinski definition) is 0. The van der Waals surface area contributed by atoms with Gasteiger partial charge in [-0.25, -0.2) is 4.79 Å². The number of nitrogens with zero attached hydrogens (tertiary/aromatic N) is 4. The molecule has 2 aromatic heterocycles. The molecule has 3 aromatic rings. The van der Waals surface area contributed by atoms with Gasteiger partial charge in [0.2, 0.25) is 5.89 Å². The summed E-state index contributed by atoms with van der Waals surface area (Å²) in [5, 5.41) is 7.38. The van der Waals surface area contributed by atoms with Crippen LogP contribution in [-0.4, -0.2) is 26.3 Å². The minimum absolute atomic E-state index is 0.0679. The normalized spacial score (nSPS) is 10.8. The molecular weight excluding hydrogens is 332 g/mol. The summed E-state index contributed by atoms with van der Waals surface area (Å²) >= 11 is 1.42. The maximum atomic E-state index is 12.3. The second-order valence-corrected chi connectivity index (χ2v) is 5.85. The Morgan fingerprint density at radius 2 is 1.75 bits per heavy atom. The molecule has 0 unspecified atom stereocenters. The molecule has 124 valence electrons. The van der Waals surface area contributed by atoms with Crippen LogP contribution < -0.4 is 0 Å². The predicted molar refractivity (Wildman–Crippen MR) is 83.2 cm³/mol. The average Bonchev–Trinajstić information content (AvgIpc) is 3.19. The van der Waals surface area contributed by atoms with E-state index in [1.54, 1.807) is 26.0 Å². The van der Waals surface area contributed by atoms with E-state index < -0.39 is 5.97 Å². The number of carbonyl (C=O) groups excluding carboxylic acids is 1. The van der Waals surface area contributed by atoms with E-state index >= 15 is 0 Å². The van der Waals surface area contributed by atoms with Crippen LogP contribution in [0.15, 0.2) is 38.2 Å². The molecule has 0 radical (unpaired) electrons. The summed E-state index contributed by atoms with van der Waals surface area (Å²) in [6, 6.07) is 7.15. The molecule has 0 aliphatic rings. The molecule has 24 heavy (non-hydrogen) atoms. The second kappa shape index (κ2) is 7.26. The lowest BCUT2D eigenvalue weighted by molar-refractivity contribution is 0.0425. The first kappa shape index (κ1) is 16.2. The van der Waals surface area contributed by atoms with Crippen LogP contribution in [0.5, 0.6) is 0 Å². The monoisotopic (exact) mass is 346 g/mol. The Hall–Kier alpha value is -2.68. The van der Waals surface area contributed by atoms with E-state index in [4.69, 9.17) is 13.8 Å². The number of esters is 1. The van der Waals surface area contributed by atoms with Crippen molar-refractivity contribution in [3.8, 4) is 0 Å². The molecule has 3 rings (SSSR count). The molecule has 0 aliphatic carbocycles. The topological polar surface area (TPSA) is 104 Å². The lowest BCUT2D eigenvalue weighted by atomic mass is 10.2. The highest BCUT2D eigenvalue weighted by molar-refractivity contribution is 7.98. The number of ether oxygens (including phenoxy) is 1. The van der Waals surface area contributed by atoms with Gasteiger partial charge in [0, 0.05) is 4.90 Å². The molecule has 0 fully saturated rings. The maximum Gasteiger partial charge on any atom is 0.339 e. The second-order valence-electron chi connectivity index (χ2n) is 4.83. The highest BCUT2D eigenvalue weighted by Crippen LogP contribution is 2.26. The van der Waals surface area contributed by atoms with Crippen molar-refractivity contribution < 1.29 is 18.6 Å². The fourth-order valence-corrected chi connectivity index (χ4v) is 2.78. The predicted octanol–water partition coefficient (Wildman–Crippen LogP) is 2.72. The summed E-state index contributed by atoms with van der Waals surface area (Å²) in [6.45, 7) is 3.38. The molecule has 8 nitrogen and oxygen atoms in total. The molecule has 0 amide bonds. The number of carbonyl (C=O) groups is 1. The van der Waals surface area contributed by atoms with Crippen LogP contribution in [0.25, 0.3) is 0 Å². The van der Waals surface area contributed by atoms with Crippen LogP contribution in [0.3, 0.4) is 0 Å². The summed E-state index contributed by atoms with van der Waals surface area (Å²) in [7, 11) is 0. The molecule has 2 heterocycles. The molecule has 9 heteroatoms. The van der Waals surface area contributed by atoms with Crippen LogP contribution in [-0.2, 0) is 17.1 Å².